The average molecular weight is 550 g/mol. The number of amides is 1. The van der Waals surface area contributed by atoms with Gasteiger partial charge in [0, 0.05) is 38.5 Å². The highest BCUT2D eigenvalue weighted by Gasteiger charge is 2.28. The summed E-state index contributed by atoms with van der Waals surface area (Å²) in [5, 5.41) is 6.59. The minimum absolute atomic E-state index is 0. The Balaban J connectivity index is 0.00000363. The zero-order chi connectivity index (χ0) is 21.9. The lowest BCUT2D eigenvalue weighted by Crippen LogP contribution is -2.39. The first kappa shape index (κ1) is 26.0. The molecule has 1 heterocycles. The van der Waals surface area contributed by atoms with E-state index < -0.39 is 0 Å². The molecule has 2 aromatic rings. The van der Waals surface area contributed by atoms with Crippen LogP contribution in [0.2, 0.25) is 0 Å². The number of nitrogens with zero attached hydrogens (tertiary/aromatic N) is 2. The summed E-state index contributed by atoms with van der Waals surface area (Å²) < 4.78 is 5.84. The first-order valence-corrected chi connectivity index (χ1v) is 11.2. The molecule has 0 aromatic heterocycles. The third-order valence-electron chi connectivity index (χ3n) is 5.41. The van der Waals surface area contributed by atoms with Gasteiger partial charge < -0.3 is 20.3 Å². The van der Waals surface area contributed by atoms with Crippen LogP contribution in [0.3, 0.4) is 0 Å². The van der Waals surface area contributed by atoms with Crippen molar-refractivity contribution in [3.8, 4) is 5.75 Å². The number of hydrogen-bond donors (Lipinski definition) is 2. The van der Waals surface area contributed by atoms with Gasteiger partial charge in [0.2, 0.25) is 5.91 Å². The number of likely N-dealkylation sites (tertiary alicyclic amines) is 1. The van der Waals surface area contributed by atoms with Crippen molar-refractivity contribution in [2.24, 2.45) is 10.9 Å². The van der Waals surface area contributed by atoms with E-state index in [0.29, 0.717) is 26.1 Å². The van der Waals surface area contributed by atoms with Crippen molar-refractivity contribution in [2.75, 3.05) is 39.3 Å². The van der Waals surface area contributed by atoms with E-state index in [1.165, 1.54) is 5.56 Å². The lowest BCUT2D eigenvalue weighted by atomic mass is 10.1. The Labute approximate surface area is 208 Å². The van der Waals surface area contributed by atoms with Gasteiger partial charge in [-0.1, -0.05) is 48.5 Å². The van der Waals surface area contributed by atoms with Crippen molar-refractivity contribution in [2.45, 2.75) is 26.7 Å². The van der Waals surface area contributed by atoms with Crippen LogP contribution in [0.25, 0.3) is 0 Å². The molecular weight excluding hydrogens is 515 g/mol. The van der Waals surface area contributed by atoms with Crippen molar-refractivity contribution in [1.82, 2.24) is 15.5 Å². The van der Waals surface area contributed by atoms with Crippen molar-refractivity contribution < 1.29 is 9.53 Å². The maximum Gasteiger partial charge on any atom is 0.223 e. The molecule has 2 N–H and O–H groups in total. The molecule has 1 unspecified atom stereocenters. The number of carbonyl (C=O) groups is 1. The fraction of sp³-hybridized carbons (Fsp3) is 0.440. The number of halogens is 1. The summed E-state index contributed by atoms with van der Waals surface area (Å²) in [4.78, 5) is 19.1. The molecule has 32 heavy (non-hydrogen) atoms. The number of rotatable bonds is 10. The third kappa shape index (κ3) is 8.33. The van der Waals surface area contributed by atoms with Gasteiger partial charge in [0.1, 0.15) is 12.4 Å². The molecule has 2 aromatic carbocycles. The van der Waals surface area contributed by atoms with Gasteiger partial charge in [-0.05, 0) is 37.5 Å². The van der Waals surface area contributed by atoms with E-state index in [1.807, 2.05) is 61.2 Å². The fourth-order valence-electron chi connectivity index (χ4n) is 3.71. The van der Waals surface area contributed by atoms with Crippen LogP contribution in [0, 0.1) is 12.8 Å². The smallest absolute Gasteiger partial charge is 0.223 e. The molecule has 6 nitrogen and oxygen atoms in total. The van der Waals surface area contributed by atoms with Crippen LogP contribution in [0.1, 0.15) is 24.5 Å². The van der Waals surface area contributed by atoms with Crippen LogP contribution >= 0.6 is 24.0 Å². The van der Waals surface area contributed by atoms with Gasteiger partial charge in [0.15, 0.2) is 5.96 Å². The molecule has 1 aliphatic heterocycles. The highest BCUT2D eigenvalue weighted by molar-refractivity contribution is 14.0. The summed E-state index contributed by atoms with van der Waals surface area (Å²) in [5.74, 6) is 2.18. The lowest BCUT2D eigenvalue weighted by molar-refractivity contribution is -0.127. The number of hydrogen-bond acceptors (Lipinski definition) is 3. The second-order valence-corrected chi connectivity index (χ2v) is 7.91. The first-order chi connectivity index (χ1) is 15.2. The van der Waals surface area contributed by atoms with Crippen LogP contribution < -0.4 is 15.4 Å². The fourth-order valence-corrected chi connectivity index (χ4v) is 3.71. The number of aryl methyl sites for hydroxylation is 1. The molecule has 0 radical (unpaired) electrons. The highest BCUT2D eigenvalue weighted by Crippen LogP contribution is 2.19. The van der Waals surface area contributed by atoms with E-state index in [9.17, 15) is 4.79 Å². The van der Waals surface area contributed by atoms with Crippen molar-refractivity contribution in [3.05, 3.63) is 65.7 Å². The summed E-state index contributed by atoms with van der Waals surface area (Å²) in [5.41, 5.74) is 2.40. The third-order valence-corrected chi connectivity index (χ3v) is 5.41. The molecule has 0 bridgehead atoms. The Morgan fingerprint density at radius 3 is 2.62 bits per heavy atom. The molecule has 1 fully saturated rings. The molecule has 1 atom stereocenters. The Bertz CT molecular complexity index is 860. The van der Waals surface area contributed by atoms with Crippen molar-refractivity contribution >= 4 is 35.8 Å². The molecule has 7 heteroatoms. The van der Waals surface area contributed by atoms with Gasteiger partial charge in [-0.3, -0.25) is 9.79 Å². The number of guanidine groups is 1. The summed E-state index contributed by atoms with van der Waals surface area (Å²) in [6.45, 7) is 8.30. The SMILES string of the molecule is CCNC(=NCC1CC(=O)N(CCc2ccccc2)C1)NCCOc1ccccc1C.I. The topological polar surface area (TPSA) is 66.0 Å². The van der Waals surface area contributed by atoms with E-state index in [4.69, 9.17) is 9.73 Å². The Kier molecular flexibility index (Phi) is 11.3. The normalized spacial score (nSPS) is 15.9. The standard InChI is InChI=1S/C25H34N4O2.HI/c1-3-26-25(27-14-16-31-23-12-8-7-9-20(23)2)28-18-22-17-24(30)29(19-22)15-13-21-10-5-4-6-11-21;/h4-12,22H,3,13-19H2,1-2H3,(H2,26,27,28);1H. The van der Waals surface area contributed by atoms with Gasteiger partial charge in [0.05, 0.1) is 6.54 Å². The van der Waals surface area contributed by atoms with Gasteiger partial charge in [-0.15, -0.1) is 24.0 Å². The number of aliphatic imine (C=N–C) groups is 1. The number of nitrogens with one attached hydrogen (secondary N) is 2. The lowest BCUT2D eigenvalue weighted by Gasteiger charge is -2.16. The summed E-state index contributed by atoms with van der Waals surface area (Å²) in [7, 11) is 0. The van der Waals surface area contributed by atoms with Crippen LogP contribution in [0.4, 0.5) is 0 Å². The van der Waals surface area contributed by atoms with E-state index in [2.05, 4.69) is 22.8 Å². The second kappa shape index (κ2) is 14.0. The minimum atomic E-state index is 0. The van der Waals surface area contributed by atoms with Crippen molar-refractivity contribution in [1.29, 1.82) is 0 Å². The molecule has 0 aliphatic carbocycles. The maximum absolute atomic E-state index is 12.4. The maximum atomic E-state index is 12.4. The molecule has 1 aliphatic rings. The zero-order valence-corrected chi connectivity index (χ0v) is 21.4. The van der Waals surface area contributed by atoms with Crippen LogP contribution in [-0.4, -0.2) is 56.1 Å². The van der Waals surface area contributed by atoms with Gasteiger partial charge >= 0.3 is 0 Å². The molecule has 1 saturated heterocycles. The zero-order valence-electron chi connectivity index (χ0n) is 19.0. The Hall–Kier alpha value is -2.29. The number of para-hydroxylation sites is 1. The predicted octanol–water partition coefficient (Wildman–Crippen LogP) is 3.64. The molecule has 1 amide bonds. The molecule has 3 rings (SSSR count). The summed E-state index contributed by atoms with van der Waals surface area (Å²) in [6.07, 6.45) is 1.47. The van der Waals surface area contributed by atoms with Gasteiger partial charge in [-0.2, -0.15) is 0 Å². The highest BCUT2D eigenvalue weighted by atomic mass is 127. The molecular formula is C25H35IN4O2. The number of carbonyl (C=O) groups excluding carboxylic acids is 1. The predicted molar refractivity (Wildman–Crippen MR) is 141 cm³/mol. The number of benzene rings is 2. The van der Waals surface area contributed by atoms with Crippen LogP contribution in [-0.2, 0) is 11.2 Å². The van der Waals surface area contributed by atoms with E-state index in [0.717, 1.165) is 43.3 Å². The average Bonchev–Trinajstić information content (AvgIpc) is 3.14. The largest absolute Gasteiger partial charge is 0.491 e. The molecule has 0 spiro atoms. The Morgan fingerprint density at radius 2 is 1.88 bits per heavy atom. The van der Waals surface area contributed by atoms with E-state index in [1.54, 1.807) is 0 Å². The van der Waals surface area contributed by atoms with Crippen LogP contribution in [0.15, 0.2) is 59.6 Å². The van der Waals surface area contributed by atoms with Gasteiger partial charge in [0.25, 0.3) is 0 Å². The van der Waals surface area contributed by atoms with Crippen LogP contribution in [0.5, 0.6) is 5.75 Å². The molecule has 174 valence electrons. The Morgan fingerprint density at radius 1 is 1.12 bits per heavy atom. The summed E-state index contributed by atoms with van der Waals surface area (Å²) >= 11 is 0. The number of ether oxygens (including phenoxy) is 1. The minimum Gasteiger partial charge on any atom is -0.491 e. The second-order valence-electron chi connectivity index (χ2n) is 7.91. The van der Waals surface area contributed by atoms with Crippen molar-refractivity contribution in [3.63, 3.8) is 0 Å². The monoisotopic (exact) mass is 550 g/mol. The van der Waals surface area contributed by atoms with Gasteiger partial charge in [-0.25, -0.2) is 0 Å². The van der Waals surface area contributed by atoms with E-state index in [-0.39, 0.29) is 35.8 Å². The quantitative estimate of drug-likeness (QED) is 0.205. The first-order valence-electron chi connectivity index (χ1n) is 11.2. The summed E-state index contributed by atoms with van der Waals surface area (Å²) in [6, 6.07) is 18.3. The van der Waals surface area contributed by atoms with E-state index >= 15 is 0 Å². The molecule has 0 saturated carbocycles.